The van der Waals surface area contributed by atoms with Crippen molar-refractivity contribution in [2.75, 3.05) is 6.54 Å². The van der Waals surface area contributed by atoms with E-state index in [-0.39, 0.29) is 28.7 Å². The Labute approximate surface area is 169 Å². The number of hydrogen-bond acceptors (Lipinski definition) is 4. The number of carbonyl (C=O) groups excluding carboxylic acids is 1. The molecule has 1 heterocycles. The summed E-state index contributed by atoms with van der Waals surface area (Å²) in [5.41, 5.74) is 1.27. The standard InChI is InChI=1S/C22H22FNO4S/c1-15(2)16-7-11-19(12-8-16)29(26,27)21(20-4-3-13-28-20)14-24-22(25)17-5-9-18(23)10-6-17/h3-13,15,21H,14H2,1-2H3,(H,24,25)/t21-/m0/s1. The predicted octanol–water partition coefficient (Wildman–Crippen LogP) is 4.49. The summed E-state index contributed by atoms with van der Waals surface area (Å²) in [6.07, 6.45) is 1.39. The second-order valence-electron chi connectivity index (χ2n) is 6.99. The highest BCUT2D eigenvalue weighted by molar-refractivity contribution is 7.91. The molecule has 0 fully saturated rings. The van der Waals surface area contributed by atoms with E-state index < -0.39 is 26.8 Å². The summed E-state index contributed by atoms with van der Waals surface area (Å²) in [5, 5.41) is 1.52. The largest absolute Gasteiger partial charge is 0.468 e. The number of benzene rings is 2. The minimum absolute atomic E-state index is 0.152. The Bertz CT molecular complexity index is 1060. The maximum absolute atomic E-state index is 13.2. The van der Waals surface area contributed by atoms with E-state index in [1.165, 1.54) is 30.5 Å². The van der Waals surface area contributed by atoms with Gasteiger partial charge in [-0.3, -0.25) is 4.79 Å². The fourth-order valence-corrected chi connectivity index (χ4v) is 4.52. The van der Waals surface area contributed by atoms with Crippen LogP contribution in [0.15, 0.2) is 76.2 Å². The number of hydrogen-bond donors (Lipinski definition) is 1. The van der Waals surface area contributed by atoms with E-state index in [0.717, 1.165) is 5.56 Å². The molecule has 0 aliphatic rings. The summed E-state index contributed by atoms with van der Waals surface area (Å²) < 4.78 is 44.9. The molecule has 0 aliphatic heterocycles. The Morgan fingerprint density at radius 3 is 2.24 bits per heavy atom. The van der Waals surface area contributed by atoms with Crippen LogP contribution in [0.5, 0.6) is 0 Å². The van der Waals surface area contributed by atoms with Gasteiger partial charge in [0.25, 0.3) is 5.91 Å². The number of amides is 1. The minimum atomic E-state index is -3.82. The first-order valence-corrected chi connectivity index (χ1v) is 10.7. The van der Waals surface area contributed by atoms with E-state index in [1.54, 1.807) is 36.4 Å². The first kappa shape index (κ1) is 20.8. The van der Waals surface area contributed by atoms with Gasteiger partial charge >= 0.3 is 0 Å². The smallest absolute Gasteiger partial charge is 0.251 e. The number of nitrogens with one attached hydrogen (secondary N) is 1. The molecule has 1 atom stereocenters. The summed E-state index contributed by atoms with van der Waals surface area (Å²) >= 11 is 0. The van der Waals surface area contributed by atoms with Crippen LogP contribution in [0.1, 0.15) is 46.7 Å². The summed E-state index contributed by atoms with van der Waals surface area (Å²) in [6, 6.07) is 14.9. The Morgan fingerprint density at radius 1 is 1.03 bits per heavy atom. The van der Waals surface area contributed by atoms with E-state index in [1.807, 2.05) is 13.8 Å². The van der Waals surface area contributed by atoms with Crippen molar-refractivity contribution in [3.05, 3.63) is 89.6 Å². The molecule has 0 bridgehead atoms. The van der Waals surface area contributed by atoms with Crippen molar-refractivity contribution in [2.45, 2.75) is 29.9 Å². The van der Waals surface area contributed by atoms with Gasteiger partial charge in [-0.15, -0.1) is 0 Å². The predicted molar refractivity (Wildman–Crippen MR) is 108 cm³/mol. The van der Waals surface area contributed by atoms with Crippen molar-refractivity contribution in [1.29, 1.82) is 0 Å². The first-order chi connectivity index (χ1) is 13.8. The quantitative estimate of drug-likeness (QED) is 0.617. The lowest BCUT2D eigenvalue weighted by Gasteiger charge is -2.17. The maximum Gasteiger partial charge on any atom is 0.251 e. The van der Waals surface area contributed by atoms with Gasteiger partial charge < -0.3 is 9.73 Å². The van der Waals surface area contributed by atoms with Gasteiger partial charge in [0.15, 0.2) is 9.84 Å². The lowest BCUT2D eigenvalue weighted by molar-refractivity contribution is 0.0953. The van der Waals surface area contributed by atoms with Crippen LogP contribution < -0.4 is 5.32 Å². The lowest BCUT2D eigenvalue weighted by atomic mass is 10.0. The van der Waals surface area contributed by atoms with Crippen molar-refractivity contribution in [2.24, 2.45) is 0 Å². The minimum Gasteiger partial charge on any atom is -0.468 e. The van der Waals surface area contributed by atoms with Crippen LogP contribution in [0.2, 0.25) is 0 Å². The number of carbonyl (C=O) groups is 1. The normalized spacial score (nSPS) is 12.7. The molecule has 1 aromatic heterocycles. The van der Waals surface area contributed by atoms with E-state index in [4.69, 9.17) is 4.42 Å². The molecule has 3 rings (SSSR count). The lowest BCUT2D eigenvalue weighted by Crippen LogP contribution is -2.31. The number of rotatable bonds is 7. The monoisotopic (exact) mass is 415 g/mol. The third-order valence-corrected chi connectivity index (χ3v) is 6.74. The van der Waals surface area contributed by atoms with Crippen LogP contribution in [0.25, 0.3) is 0 Å². The second-order valence-corrected chi connectivity index (χ2v) is 9.12. The van der Waals surface area contributed by atoms with Gasteiger partial charge in [0.1, 0.15) is 16.8 Å². The molecule has 3 aromatic rings. The SMILES string of the molecule is CC(C)c1ccc(S(=O)(=O)[C@@H](CNC(=O)c2ccc(F)cc2)c2ccco2)cc1. The number of furan rings is 1. The summed E-state index contributed by atoms with van der Waals surface area (Å²) in [4.78, 5) is 12.5. The molecule has 5 nitrogen and oxygen atoms in total. The van der Waals surface area contributed by atoms with Gasteiger partial charge in [0, 0.05) is 12.1 Å². The van der Waals surface area contributed by atoms with Gasteiger partial charge in [0.2, 0.25) is 0 Å². The van der Waals surface area contributed by atoms with Gasteiger partial charge in [-0.1, -0.05) is 26.0 Å². The molecule has 152 valence electrons. The zero-order valence-electron chi connectivity index (χ0n) is 16.1. The molecule has 0 saturated carbocycles. The van der Waals surface area contributed by atoms with E-state index in [9.17, 15) is 17.6 Å². The first-order valence-electron chi connectivity index (χ1n) is 9.20. The summed E-state index contributed by atoms with van der Waals surface area (Å²) in [7, 11) is -3.82. The van der Waals surface area contributed by atoms with Crippen molar-refractivity contribution in [1.82, 2.24) is 5.32 Å². The Hall–Kier alpha value is -2.93. The highest BCUT2D eigenvalue weighted by Gasteiger charge is 2.32. The van der Waals surface area contributed by atoms with Gasteiger partial charge in [-0.2, -0.15) is 0 Å². The zero-order chi connectivity index (χ0) is 21.0. The van der Waals surface area contributed by atoms with E-state index >= 15 is 0 Å². The molecule has 7 heteroatoms. The molecule has 1 N–H and O–H groups in total. The highest BCUT2D eigenvalue weighted by Crippen LogP contribution is 2.30. The molecule has 29 heavy (non-hydrogen) atoms. The third-order valence-electron chi connectivity index (χ3n) is 4.66. The highest BCUT2D eigenvalue weighted by atomic mass is 32.2. The number of sulfone groups is 1. The molecular weight excluding hydrogens is 393 g/mol. The fraction of sp³-hybridized carbons (Fsp3) is 0.227. The van der Waals surface area contributed by atoms with Crippen LogP contribution in [0.3, 0.4) is 0 Å². The molecule has 0 aliphatic carbocycles. The van der Waals surface area contributed by atoms with Gasteiger partial charge in [-0.05, 0) is 60.0 Å². The maximum atomic E-state index is 13.2. The summed E-state index contributed by atoms with van der Waals surface area (Å²) in [5.74, 6) is -0.436. The average Bonchev–Trinajstić information content (AvgIpc) is 3.22. The fourth-order valence-electron chi connectivity index (χ4n) is 2.93. The molecule has 0 spiro atoms. The van der Waals surface area contributed by atoms with Crippen molar-refractivity contribution >= 4 is 15.7 Å². The van der Waals surface area contributed by atoms with E-state index in [2.05, 4.69) is 5.32 Å². The van der Waals surface area contributed by atoms with Crippen molar-refractivity contribution in [3.8, 4) is 0 Å². The van der Waals surface area contributed by atoms with Gasteiger partial charge in [-0.25, -0.2) is 12.8 Å². The molecule has 2 aromatic carbocycles. The molecular formula is C22H22FNO4S. The molecule has 1 amide bonds. The summed E-state index contributed by atoms with van der Waals surface area (Å²) in [6.45, 7) is 3.87. The topological polar surface area (TPSA) is 76.4 Å². The van der Waals surface area contributed by atoms with Crippen molar-refractivity contribution in [3.63, 3.8) is 0 Å². The second kappa shape index (κ2) is 8.61. The Morgan fingerprint density at radius 2 is 1.69 bits per heavy atom. The van der Waals surface area contributed by atoms with Crippen LogP contribution in [-0.2, 0) is 9.84 Å². The molecule has 0 unspecified atom stereocenters. The number of halogens is 1. The molecule has 0 radical (unpaired) electrons. The van der Waals surface area contributed by atoms with Crippen LogP contribution >= 0.6 is 0 Å². The van der Waals surface area contributed by atoms with Gasteiger partial charge in [0.05, 0.1) is 11.2 Å². The third kappa shape index (κ3) is 4.74. The Kier molecular flexibility index (Phi) is 6.17. The average molecular weight is 415 g/mol. The van der Waals surface area contributed by atoms with Crippen molar-refractivity contribution < 1.29 is 22.0 Å². The van der Waals surface area contributed by atoms with Crippen LogP contribution in [-0.4, -0.2) is 20.9 Å². The van der Waals surface area contributed by atoms with E-state index in [0.29, 0.717) is 0 Å². The molecule has 0 saturated heterocycles. The Balaban J connectivity index is 1.85. The van der Waals surface area contributed by atoms with Crippen LogP contribution in [0, 0.1) is 5.82 Å². The van der Waals surface area contributed by atoms with Crippen LogP contribution in [0.4, 0.5) is 4.39 Å². The zero-order valence-corrected chi connectivity index (χ0v) is 16.9.